The Morgan fingerprint density at radius 1 is 1.13 bits per heavy atom. The molecule has 0 bridgehead atoms. The molecule has 23 heavy (non-hydrogen) atoms. The minimum Gasteiger partial charge on any atom is -0.379 e. The van der Waals surface area contributed by atoms with Crippen molar-refractivity contribution in [1.82, 2.24) is 18.5 Å². The number of morpholine rings is 1. The second-order valence-corrected chi connectivity index (χ2v) is 8.65. The fraction of sp³-hybridized carbons (Fsp3) is 0.786. The van der Waals surface area contributed by atoms with Gasteiger partial charge in [-0.25, -0.2) is 4.98 Å². The van der Waals surface area contributed by atoms with Crippen LogP contribution in [0.15, 0.2) is 5.38 Å². The largest absolute Gasteiger partial charge is 0.379 e. The first-order chi connectivity index (χ1) is 11.1. The molecule has 2 fully saturated rings. The molecule has 2 saturated heterocycles. The standard InChI is InChI=1S/C14H24N4O3S2/c1-2-14-15-13(12-22-14)11-16-3-5-17(6-4-16)23(19,20)18-7-9-21-10-8-18/h12H,2-11H2,1H3. The Labute approximate surface area is 142 Å². The van der Waals surface area contributed by atoms with Crippen molar-refractivity contribution in [3.05, 3.63) is 16.1 Å². The van der Waals surface area contributed by atoms with Crippen molar-refractivity contribution in [2.75, 3.05) is 52.5 Å². The molecule has 9 heteroatoms. The molecule has 0 N–H and O–H groups in total. The predicted molar refractivity (Wildman–Crippen MR) is 89.7 cm³/mol. The Morgan fingerprint density at radius 2 is 1.78 bits per heavy atom. The van der Waals surface area contributed by atoms with E-state index in [2.05, 4.69) is 22.2 Å². The zero-order valence-electron chi connectivity index (χ0n) is 13.5. The van der Waals surface area contributed by atoms with Gasteiger partial charge in [0.25, 0.3) is 10.2 Å². The highest BCUT2D eigenvalue weighted by Crippen LogP contribution is 2.17. The molecular weight excluding hydrogens is 336 g/mol. The van der Waals surface area contributed by atoms with Crippen molar-refractivity contribution >= 4 is 21.5 Å². The Morgan fingerprint density at radius 3 is 2.39 bits per heavy atom. The quantitative estimate of drug-likeness (QED) is 0.760. The van der Waals surface area contributed by atoms with Crippen LogP contribution in [0.3, 0.4) is 0 Å². The molecule has 0 atom stereocenters. The Kier molecular flexibility index (Phi) is 5.65. The zero-order chi connectivity index (χ0) is 16.3. The molecule has 2 aliphatic heterocycles. The highest BCUT2D eigenvalue weighted by Gasteiger charge is 2.33. The van der Waals surface area contributed by atoms with Gasteiger partial charge < -0.3 is 4.74 Å². The van der Waals surface area contributed by atoms with E-state index in [9.17, 15) is 8.42 Å². The van der Waals surface area contributed by atoms with Gasteiger partial charge in [0.1, 0.15) is 0 Å². The van der Waals surface area contributed by atoms with E-state index in [0.29, 0.717) is 39.4 Å². The summed E-state index contributed by atoms with van der Waals surface area (Å²) in [5.74, 6) is 0. The molecule has 3 heterocycles. The van der Waals surface area contributed by atoms with Crippen LogP contribution in [0.25, 0.3) is 0 Å². The van der Waals surface area contributed by atoms with Crippen LogP contribution < -0.4 is 0 Å². The van der Waals surface area contributed by atoms with Crippen LogP contribution in [0.2, 0.25) is 0 Å². The highest BCUT2D eigenvalue weighted by molar-refractivity contribution is 7.86. The van der Waals surface area contributed by atoms with Gasteiger partial charge in [0, 0.05) is 51.2 Å². The summed E-state index contributed by atoms with van der Waals surface area (Å²) in [4.78, 5) is 6.86. The lowest BCUT2D eigenvalue weighted by Gasteiger charge is -2.37. The molecule has 0 radical (unpaired) electrons. The molecule has 0 aromatic carbocycles. The number of rotatable bonds is 5. The Bertz CT molecular complexity index is 605. The van der Waals surface area contributed by atoms with Crippen molar-refractivity contribution in [2.24, 2.45) is 0 Å². The van der Waals surface area contributed by atoms with Crippen molar-refractivity contribution in [3.63, 3.8) is 0 Å². The number of aromatic nitrogens is 1. The van der Waals surface area contributed by atoms with Crippen LogP contribution >= 0.6 is 11.3 Å². The monoisotopic (exact) mass is 360 g/mol. The second-order valence-electron chi connectivity index (χ2n) is 5.78. The van der Waals surface area contributed by atoms with Gasteiger partial charge >= 0.3 is 0 Å². The molecule has 1 aromatic heterocycles. The molecule has 0 aliphatic carbocycles. The van der Waals surface area contributed by atoms with Gasteiger partial charge in [-0.05, 0) is 6.42 Å². The van der Waals surface area contributed by atoms with Crippen LogP contribution in [-0.2, 0) is 27.9 Å². The fourth-order valence-electron chi connectivity index (χ4n) is 2.87. The molecule has 3 rings (SSSR count). The van der Waals surface area contributed by atoms with Crippen LogP contribution in [0, 0.1) is 0 Å². The minimum atomic E-state index is -3.33. The Hall–Kier alpha value is -0.580. The van der Waals surface area contributed by atoms with Crippen molar-refractivity contribution < 1.29 is 13.2 Å². The van der Waals surface area contributed by atoms with Gasteiger partial charge in [-0.1, -0.05) is 6.92 Å². The van der Waals surface area contributed by atoms with E-state index in [1.165, 1.54) is 0 Å². The maximum absolute atomic E-state index is 12.6. The predicted octanol–water partition coefficient (Wildman–Crippen LogP) is 0.400. The summed E-state index contributed by atoms with van der Waals surface area (Å²) in [5, 5.41) is 3.27. The van der Waals surface area contributed by atoms with E-state index in [4.69, 9.17) is 4.74 Å². The molecule has 1 aromatic rings. The summed E-state index contributed by atoms with van der Waals surface area (Å²) in [5.41, 5.74) is 1.09. The van der Waals surface area contributed by atoms with Gasteiger partial charge in [0.05, 0.1) is 23.9 Å². The topological polar surface area (TPSA) is 66.0 Å². The van der Waals surface area contributed by atoms with E-state index in [1.54, 1.807) is 19.9 Å². The average molecular weight is 361 g/mol. The molecule has 0 saturated carbocycles. The van der Waals surface area contributed by atoms with Crippen LogP contribution in [0.4, 0.5) is 0 Å². The number of thiazole rings is 1. The lowest BCUT2D eigenvalue weighted by molar-refractivity contribution is 0.0683. The molecule has 0 unspecified atom stereocenters. The van der Waals surface area contributed by atoms with E-state index in [0.717, 1.165) is 36.8 Å². The number of aryl methyl sites for hydroxylation is 1. The molecular formula is C14H24N4O3S2. The van der Waals surface area contributed by atoms with E-state index in [-0.39, 0.29) is 0 Å². The smallest absolute Gasteiger partial charge is 0.282 e. The van der Waals surface area contributed by atoms with Crippen molar-refractivity contribution in [2.45, 2.75) is 19.9 Å². The number of hydrogen-bond acceptors (Lipinski definition) is 6. The fourth-order valence-corrected chi connectivity index (χ4v) is 5.17. The second kappa shape index (κ2) is 7.54. The summed E-state index contributed by atoms with van der Waals surface area (Å²) in [7, 11) is -3.33. The van der Waals surface area contributed by atoms with E-state index in [1.807, 2.05) is 0 Å². The summed E-state index contributed by atoms with van der Waals surface area (Å²) >= 11 is 1.70. The zero-order valence-corrected chi connectivity index (χ0v) is 15.1. The third kappa shape index (κ3) is 4.09. The molecule has 0 amide bonds. The molecule has 7 nitrogen and oxygen atoms in total. The van der Waals surface area contributed by atoms with Crippen LogP contribution in [0.5, 0.6) is 0 Å². The number of piperazine rings is 1. The third-order valence-electron chi connectivity index (χ3n) is 4.24. The third-order valence-corrected chi connectivity index (χ3v) is 7.32. The summed E-state index contributed by atoms with van der Waals surface area (Å²) in [6, 6.07) is 0. The lowest BCUT2D eigenvalue weighted by Crippen LogP contribution is -2.54. The van der Waals surface area contributed by atoms with E-state index < -0.39 is 10.2 Å². The van der Waals surface area contributed by atoms with E-state index >= 15 is 0 Å². The maximum atomic E-state index is 12.6. The SMILES string of the molecule is CCc1nc(CN2CCN(S(=O)(=O)N3CCOCC3)CC2)cs1. The molecule has 2 aliphatic rings. The van der Waals surface area contributed by atoms with Crippen molar-refractivity contribution in [3.8, 4) is 0 Å². The van der Waals surface area contributed by atoms with Crippen LogP contribution in [0.1, 0.15) is 17.6 Å². The van der Waals surface area contributed by atoms with Gasteiger partial charge in [0.15, 0.2) is 0 Å². The Balaban J connectivity index is 1.53. The van der Waals surface area contributed by atoms with Gasteiger partial charge in [-0.2, -0.15) is 17.0 Å². The molecule has 130 valence electrons. The average Bonchev–Trinajstić information content (AvgIpc) is 3.04. The minimum absolute atomic E-state index is 0.459. The van der Waals surface area contributed by atoms with Gasteiger partial charge in [-0.3, -0.25) is 4.90 Å². The van der Waals surface area contributed by atoms with Gasteiger partial charge in [-0.15, -0.1) is 11.3 Å². The summed E-state index contributed by atoms with van der Waals surface area (Å²) in [6.07, 6.45) is 0.968. The first-order valence-corrected chi connectivity index (χ1v) is 10.4. The number of nitrogens with zero attached hydrogens (tertiary/aromatic N) is 4. The first-order valence-electron chi connectivity index (χ1n) is 8.08. The number of ether oxygens (including phenoxy) is 1. The van der Waals surface area contributed by atoms with Crippen LogP contribution in [-0.4, -0.2) is 79.4 Å². The van der Waals surface area contributed by atoms with Gasteiger partial charge in [0.2, 0.25) is 0 Å². The number of hydrogen-bond donors (Lipinski definition) is 0. The van der Waals surface area contributed by atoms with Crippen molar-refractivity contribution in [1.29, 1.82) is 0 Å². The highest BCUT2D eigenvalue weighted by atomic mass is 32.2. The first kappa shape index (κ1) is 17.2. The summed E-state index contributed by atoms with van der Waals surface area (Å²) < 4.78 is 33.6. The lowest BCUT2D eigenvalue weighted by atomic mass is 10.3. The summed E-state index contributed by atoms with van der Waals surface area (Å²) in [6.45, 7) is 7.41. The maximum Gasteiger partial charge on any atom is 0.282 e. The normalized spacial score (nSPS) is 22.5. The molecule has 0 spiro atoms.